The second-order valence-electron chi connectivity index (χ2n) is 7.04. The fourth-order valence-electron chi connectivity index (χ4n) is 2.88. The molecule has 3 rings (SSSR count). The first-order valence-electron chi connectivity index (χ1n) is 9.91. The van der Waals surface area contributed by atoms with Crippen molar-refractivity contribution in [2.75, 3.05) is 11.9 Å². The highest BCUT2D eigenvalue weighted by atomic mass is 32.2. The minimum Gasteiger partial charge on any atom is -0.352 e. The maximum absolute atomic E-state index is 13.3. The minimum atomic E-state index is -3.84. The summed E-state index contributed by atoms with van der Waals surface area (Å²) in [5.74, 6) is -1.92. The zero-order valence-electron chi connectivity index (χ0n) is 17.3. The van der Waals surface area contributed by atoms with Crippen molar-refractivity contribution in [1.82, 2.24) is 10.0 Å². The van der Waals surface area contributed by atoms with E-state index in [4.69, 9.17) is 0 Å². The van der Waals surface area contributed by atoms with Gasteiger partial charge in [0.15, 0.2) is 0 Å². The van der Waals surface area contributed by atoms with Crippen LogP contribution in [0, 0.1) is 11.6 Å². The van der Waals surface area contributed by atoms with Crippen LogP contribution in [0.2, 0.25) is 0 Å². The Bertz CT molecular complexity index is 1250. The standard InChI is InChI=1S/C23H21F2N3O4S/c24-18-7-9-21(10-8-18)33(31,32)27-12-11-22(29)26-15-16-3-1-6-20(13-16)28-23(30)17-4-2-5-19(25)14-17/h1-10,13-14,27H,11-12,15H2,(H,26,29)(H,28,30). The molecule has 0 saturated carbocycles. The van der Waals surface area contributed by atoms with Gasteiger partial charge in [-0.3, -0.25) is 9.59 Å². The Balaban J connectivity index is 1.47. The van der Waals surface area contributed by atoms with Gasteiger partial charge in [0.1, 0.15) is 11.6 Å². The van der Waals surface area contributed by atoms with E-state index in [1.165, 1.54) is 18.2 Å². The Morgan fingerprint density at radius 1 is 0.848 bits per heavy atom. The molecule has 3 N–H and O–H groups in total. The number of hydrogen-bond acceptors (Lipinski definition) is 4. The summed E-state index contributed by atoms with van der Waals surface area (Å²) in [6.45, 7) is 0.0303. The Morgan fingerprint density at radius 3 is 2.30 bits per heavy atom. The lowest BCUT2D eigenvalue weighted by Crippen LogP contribution is -2.30. The molecule has 10 heteroatoms. The van der Waals surface area contributed by atoms with Crippen molar-refractivity contribution in [3.63, 3.8) is 0 Å². The molecule has 0 saturated heterocycles. The van der Waals surface area contributed by atoms with Gasteiger partial charge in [-0.25, -0.2) is 21.9 Å². The quantitative estimate of drug-likeness (QED) is 0.444. The molecule has 0 aliphatic heterocycles. The fraction of sp³-hybridized carbons (Fsp3) is 0.130. The van der Waals surface area contributed by atoms with Crippen molar-refractivity contribution in [1.29, 1.82) is 0 Å². The highest BCUT2D eigenvalue weighted by molar-refractivity contribution is 7.89. The molecule has 0 aliphatic carbocycles. The molecule has 0 spiro atoms. The molecule has 0 atom stereocenters. The van der Waals surface area contributed by atoms with Gasteiger partial charge in [0.05, 0.1) is 4.90 Å². The molecule has 3 aromatic carbocycles. The number of benzene rings is 3. The van der Waals surface area contributed by atoms with E-state index >= 15 is 0 Å². The first-order chi connectivity index (χ1) is 15.7. The SMILES string of the molecule is O=C(CCNS(=O)(=O)c1ccc(F)cc1)NCc1cccc(NC(=O)c2cccc(F)c2)c1. The molecule has 0 heterocycles. The van der Waals surface area contributed by atoms with Crippen LogP contribution >= 0.6 is 0 Å². The number of nitrogens with one attached hydrogen (secondary N) is 3. The molecule has 0 fully saturated rings. The average molecular weight is 474 g/mol. The molecule has 0 aliphatic rings. The van der Waals surface area contributed by atoms with E-state index in [1.807, 2.05) is 0 Å². The number of rotatable bonds is 9. The van der Waals surface area contributed by atoms with Crippen molar-refractivity contribution < 1.29 is 26.8 Å². The molecule has 7 nitrogen and oxygen atoms in total. The van der Waals surface area contributed by atoms with Gasteiger partial charge >= 0.3 is 0 Å². The van der Waals surface area contributed by atoms with Crippen LogP contribution in [0.25, 0.3) is 0 Å². The molecule has 33 heavy (non-hydrogen) atoms. The van der Waals surface area contributed by atoms with Gasteiger partial charge in [-0.2, -0.15) is 0 Å². The van der Waals surface area contributed by atoms with Gasteiger partial charge in [0.25, 0.3) is 5.91 Å². The summed E-state index contributed by atoms with van der Waals surface area (Å²) in [4.78, 5) is 24.2. The molecule has 172 valence electrons. The van der Waals surface area contributed by atoms with Crippen LogP contribution in [0.3, 0.4) is 0 Å². The van der Waals surface area contributed by atoms with Gasteiger partial charge in [0, 0.05) is 30.8 Å². The maximum Gasteiger partial charge on any atom is 0.255 e. The third-order valence-corrected chi connectivity index (χ3v) is 6.01. The second kappa shape index (κ2) is 10.8. The van der Waals surface area contributed by atoms with Crippen LogP contribution in [0.1, 0.15) is 22.3 Å². The number of anilines is 1. The van der Waals surface area contributed by atoms with Crippen LogP contribution in [-0.2, 0) is 21.4 Å². The summed E-state index contributed by atoms with van der Waals surface area (Å²) in [7, 11) is -3.84. The summed E-state index contributed by atoms with van der Waals surface area (Å²) in [5, 5.41) is 5.33. The molecule has 2 amide bonds. The van der Waals surface area contributed by atoms with Crippen molar-refractivity contribution >= 4 is 27.5 Å². The molecular weight excluding hydrogens is 452 g/mol. The Morgan fingerprint density at radius 2 is 1.58 bits per heavy atom. The van der Waals surface area contributed by atoms with E-state index in [0.29, 0.717) is 11.3 Å². The number of hydrogen-bond donors (Lipinski definition) is 3. The van der Waals surface area contributed by atoms with Crippen LogP contribution in [0.4, 0.5) is 14.5 Å². The highest BCUT2D eigenvalue weighted by Gasteiger charge is 2.14. The first kappa shape index (κ1) is 24.0. The van der Waals surface area contributed by atoms with Crippen molar-refractivity contribution in [3.05, 3.63) is 95.6 Å². The van der Waals surface area contributed by atoms with Crippen LogP contribution in [-0.4, -0.2) is 26.8 Å². The lowest BCUT2D eigenvalue weighted by molar-refractivity contribution is -0.121. The van der Waals surface area contributed by atoms with Gasteiger partial charge in [-0.1, -0.05) is 18.2 Å². The Labute approximate surface area is 189 Å². The average Bonchev–Trinajstić information content (AvgIpc) is 2.78. The lowest BCUT2D eigenvalue weighted by atomic mass is 10.1. The van der Waals surface area contributed by atoms with Crippen molar-refractivity contribution in [2.45, 2.75) is 17.9 Å². The molecule has 0 unspecified atom stereocenters. The normalized spacial score (nSPS) is 11.1. The number of carbonyl (C=O) groups excluding carboxylic acids is 2. The van der Waals surface area contributed by atoms with Crippen molar-refractivity contribution in [2.24, 2.45) is 0 Å². The Kier molecular flexibility index (Phi) is 7.86. The number of halogens is 2. The first-order valence-corrected chi connectivity index (χ1v) is 11.4. The van der Waals surface area contributed by atoms with Gasteiger partial charge in [-0.15, -0.1) is 0 Å². The van der Waals surface area contributed by atoms with Gasteiger partial charge < -0.3 is 10.6 Å². The molecule has 0 bridgehead atoms. The van der Waals surface area contributed by atoms with Crippen LogP contribution in [0.15, 0.2) is 77.7 Å². The summed E-state index contributed by atoms with van der Waals surface area (Å²) < 4.78 is 52.8. The van der Waals surface area contributed by atoms with Crippen LogP contribution in [0.5, 0.6) is 0 Å². The van der Waals surface area contributed by atoms with E-state index in [9.17, 15) is 26.8 Å². The molecule has 3 aromatic rings. The van der Waals surface area contributed by atoms with E-state index in [-0.39, 0.29) is 35.9 Å². The number of amides is 2. The Hall–Kier alpha value is -3.63. The zero-order chi connectivity index (χ0) is 23.8. The lowest BCUT2D eigenvalue weighted by Gasteiger charge is -2.10. The summed E-state index contributed by atoms with van der Waals surface area (Å²) in [6.07, 6.45) is -0.101. The molecule has 0 radical (unpaired) electrons. The topological polar surface area (TPSA) is 104 Å². The van der Waals surface area contributed by atoms with E-state index in [1.54, 1.807) is 24.3 Å². The van der Waals surface area contributed by atoms with E-state index in [0.717, 1.165) is 30.3 Å². The minimum absolute atomic E-state index is 0.0959. The fourth-order valence-corrected chi connectivity index (χ4v) is 3.91. The summed E-state index contributed by atoms with van der Waals surface area (Å²) in [5.41, 5.74) is 1.35. The van der Waals surface area contributed by atoms with E-state index in [2.05, 4.69) is 15.4 Å². The smallest absolute Gasteiger partial charge is 0.255 e. The highest BCUT2D eigenvalue weighted by Crippen LogP contribution is 2.13. The summed E-state index contributed by atoms with van der Waals surface area (Å²) in [6, 6.07) is 16.4. The largest absolute Gasteiger partial charge is 0.352 e. The third-order valence-electron chi connectivity index (χ3n) is 4.53. The predicted octanol–water partition coefficient (Wildman–Crippen LogP) is 3.20. The van der Waals surface area contributed by atoms with Crippen molar-refractivity contribution in [3.8, 4) is 0 Å². The predicted molar refractivity (Wildman–Crippen MR) is 119 cm³/mol. The van der Waals surface area contributed by atoms with E-state index < -0.39 is 27.6 Å². The second-order valence-corrected chi connectivity index (χ2v) is 8.81. The van der Waals surface area contributed by atoms with Gasteiger partial charge in [-0.05, 0) is 60.2 Å². The number of sulfonamides is 1. The molecular formula is C23H21F2N3O4S. The molecule has 0 aromatic heterocycles. The third kappa shape index (κ3) is 7.19. The maximum atomic E-state index is 13.3. The number of carbonyl (C=O) groups is 2. The zero-order valence-corrected chi connectivity index (χ0v) is 18.2. The van der Waals surface area contributed by atoms with Gasteiger partial charge in [0.2, 0.25) is 15.9 Å². The monoisotopic (exact) mass is 473 g/mol. The van der Waals surface area contributed by atoms with Crippen LogP contribution < -0.4 is 15.4 Å². The summed E-state index contributed by atoms with van der Waals surface area (Å²) >= 11 is 0.